The molecule has 0 N–H and O–H groups in total. The number of methoxy groups -OCH3 is 1. The minimum absolute atomic E-state index is 0.194. The van der Waals surface area contributed by atoms with Crippen molar-refractivity contribution >= 4 is 0 Å². The zero-order chi connectivity index (χ0) is 14.4. The van der Waals surface area contributed by atoms with Crippen molar-refractivity contribution in [3.63, 3.8) is 0 Å². The van der Waals surface area contributed by atoms with Crippen LogP contribution in [0, 0.1) is 11.3 Å². The molecule has 0 bridgehead atoms. The molecule has 1 saturated heterocycles. The zero-order valence-electron chi connectivity index (χ0n) is 12.3. The summed E-state index contributed by atoms with van der Waals surface area (Å²) in [5, 5.41) is 9.52. The highest BCUT2D eigenvalue weighted by atomic mass is 16.5. The second-order valence-corrected chi connectivity index (χ2v) is 4.97. The van der Waals surface area contributed by atoms with Crippen LogP contribution < -0.4 is 9.47 Å². The van der Waals surface area contributed by atoms with Gasteiger partial charge in [-0.05, 0) is 50.6 Å². The lowest BCUT2D eigenvalue weighted by atomic mass is 10.0. The maximum Gasteiger partial charge on any atom is 0.161 e. The summed E-state index contributed by atoms with van der Waals surface area (Å²) < 4.78 is 10.9. The first kappa shape index (κ1) is 14.7. The van der Waals surface area contributed by atoms with Gasteiger partial charge in [-0.3, -0.25) is 4.90 Å². The van der Waals surface area contributed by atoms with E-state index in [1.165, 1.54) is 19.3 Å². The standard InChI is InChI=1S/C16H22N2O2/c1-3-20-16-11-13(7-8-15(16)19-2)14(12-17)18-9-5-4-6-10-18/h7-8,11,14H,3-6,9-10H2,1-2H3/t14-/m1/s1. The Morgan fingerprint density at radius 2 is 2.00 bits per heavy atom. The average molecular weight is 274 g/mol. The van der Waals surface area contributed by atoms with Crippen LogP contribution in [0.4, 0.5) is 0 Å². The maximum atomic E-state index is 9.52. The van der Waals surface area contributed by atoms with Crippen LogP contribution in [0.1, 0.15) is 37.8 Å². The smallest absolute Gasteiger partial charge is 0.161 e. The van der Waals surface area contributed by atoms with Crippen LogP contribution in [0.2, 0.25) is 0 Å². The van der Waals surface area contributed by atoms with Gasteiger partial charge in [-0.15, -0.1) is 0 Å². The summed E-state index contributed by atoms with van der Waals surface area (Å²) in [5.74, 6) is 1.43. The van der Waals surface area contributed by atoms with Crippen LogP contribution in [0.25, 0.3) is 0 Å². The van der Waals surface area contributed by atoms with Gasteiger partial charge in [0.15, 0.2) is 11.5 Å². The Morgan fingerprint density at radius 3 is 2.60 bits per heavy atom. The highest BCUT2D eigenvalue weighted by Gasteiger charge is 2.23. The van der Waals surface area contributed by atoms with E-state index in [4.69, 9.17) is 9.47 Å². The molecule has 1 heterocycles. The summed E-state index contributed by atoms with van der Waals surface area (Å²) in [4.78, 5) is 2.25. The quantitative estimate of drug-likeness (QED) is 0.827. The first-order valence-corrected chi connectivity index (χ1v) is 7.24. The predicted molar refractivity (Wildman–Crippen MR) is 77.9 cm³/mol. The Kier molecular flexibility index (Phi) is 5.25. The fourth-order valence-corrected chi connectivity index (χ4v) is 2.68. The third kappa shape index (κ3) is 3.23. The van der Waals surface area contributed by atoms with Crippen molar-refractivity contribution in [3.8, 4) is 17.6 Å². The number of rotatable bonds is 5. The van der Waals surface area contributed by atoms with Crippen LogP contribution in [0.5, 0.6) is 11.5 Å². The summed E-state index contributed by atoms with van der Waals surface area (Å²) in [6.45, 7) is 4.52. The molecule has 108 valence electrons. The van der Waals surface area contributed by atoms with E-state index in [-0.39, 0.29) is 6.04 Å². The van der Waals surface area contributed by atoms with E-state index in [9.17, 15) is 5.26 Å². The fourth-order valence-electron chi connectivity index (χ4n) is 2.68. The molecule has 20 heavy (non-hydrogen) atoms. The highest BCUT2D eigenvalue weighted by molar-refractivity contribution is 5.44. The molecule has 0 aliphatic carbocycles. The first-order valence-electron chi connectivity index (χ1n) is 7.24. The molecule has 0 spiro atoms. The molecule has 2 rings (SSSR count). The van der Waals surface area contributed by atoms with E-state index >= 15 is 0 Å². The molecular formula is C16H22N2O2. The van der Waals surface area contributed by atoms with Crippen LogP contribution in [0.3, 0.4) is 0 Å². The molecule has 0 unspecified atom stereocenters. The first-order chi connectivity index (χ1) is 9.80. The molecule has 4 nitrogen and oxygen atoms in total. The van der Waals surface area contributed by atoms with Gasteiger partial charge in [-0.1, -0.05) is 12.5 Å². The summed E-state index contributed by atoms with van der Waals surface area (Å²) in [6.07, 6.45) is 3.61. The lowest BCUT2D eigenvalue weighted by Gasteiger charge is -2.30. The molecule has 1 aromatic carbocycles. The van der Waals surface area contributed by atoms with Crippen molar-refractivity contribution in [3.05, 3.63) is 23.8 Å². The van der Waals surface area contributed by atoms with Crippen molar-refractivity contribution in [2.24, 2.45) is 0 Å². The van der Waals surface area contributed by atoms with E-state index in [1.54, 1.807) is 7.11 Å². The Hall–Kier alpha value is -1.73. The van der Waals surface area contributed by atoms with Crippen molar-refractivity contribution < 1.29 is 9.47 Å². The monoisotopic (exact) mass is 274 g/mol. The Labute approximate surface area is 120 Å². The number of ether oxygens (including phenoxy) is 2. The SMILES string of the molecule is CCOc1cc([C@@H](C#N)N2CCCCC2)ccc1OC. The van der Waals surface area contributed by atoms with E-state index in [2.05, 4.69) is 11.0 Å². The van der Waals surface area contributed by atoms with Gasteiger partial charge in [0, 0.05) is 0 Å². The van der Waals surface area contributed by atoms with Crippen LogP contribution in [-0.2, 0) is 0 Å². The van der Waals surface area contributed by atoms with E-state index in [0.717, 1.165) is 18.7 Å². The van der Waals surface area contributed by atoms with Gasteiger partial charge >= 0.3 is 0 Å². The lowest BCUT2D eigenvalue weighted by molar-refractivity contribution is 0.195. The zero-order valence-corrected chi connectivity index (χ0v) is 12.3. The maximum absolute atomic E-state index is 9.52. The molecule has 1 fully saturated rings. The summed E-state index contributed by atoms with van der Waals surface area (Å²) >= 11 is 0. The molecule has 0 saturated carbocycles. The van der Waals surface area contributed by atoms with Gasteiger partial charge in [0.05, 0.1) is 19.8 Å². The summed E-state index contributed by atoms with van der Waals surface area (Å²) in [7, 11) is 1.63. The van der Waals surface area contributed by atoms with Gasteiger partial charge in [0.2, 0.25) is 0 Å². The van der Waals surface area contributed by atoms with Crippen LogP contribution in [-0.4, -0.2) is 31.7 Å². The van der Waals surface area contributed by atoms with E-state index < -0.39 is 0 Å². The molecule has 4 heteroatoms. The molecule has 1 aliphatic heterocycles. The molecule has 0 aromatic heterocycles. The fraction of sp³-hybridized carbons (Fsp3) is 0.562. The third-order valence-corrected chi connectivity index (χ3v) is 3.68. The number of nitrogens with zero attached hydrogens (tertiary/aromatic N) is 2. The summed E-state index contributed by atoms with van der Waals surface area (Å²) in [6, 6.07) is 8.01. The number of nitriles is 1. The van der Waals surface area contributed by atoms with Gasteiger partial charge < -0.3 is 9.47 Å². The topological polar surface area (TPSA) is 45.5 Å². The molecule has 1 aliphatic rings. The highest BCUT2D eigenvalue weighted by Crippen LogP contribution is 2.32. The number of benzene rings is 1. The van der Waals surface area contributed by atoms with Crippen molar-refractivity contribution in [1.82, 2.24) is 4.90 Å². The normalized spacial score (nSPS) is 17.2. The number of piperidine rings is 1. The number of likely N-dealkylation sites (tertiary alicyclic amines) is 1. The average Bonchev–Trinajstić information content (AvgIpc) is 2.50. The molecule has 0 amide bonds. The van der Waals surface area contributed by atoms with E-state index in [0.29, 0.717) is 18.1 Å². The van der Waals surface area contributed by atoms with Gasteiger partial charge in [0.25, 0.3) is 0 Å². The van der Waals surface area contributed by atoms with Crippen molar-refractivity contribution in [1.29, 1.82) is 5.26 Å². The summed E-state index contributed by atoms with van der Waals surface area (Å²) in [5.41, 5.74) is 0.985. The minimum Gasteiger partial charge on any atom is -0.493 e. The van der Waals surface area contributed by atoms with Gasteiger partial charge in [0.1, 0.15) is 6.04 Å². The van der Waals surface area contributed by atoms with E-state index in [1.807, 2.05) is 25.1 Å². The second-order valence-electron chi connectivity index (χ2n) is 4.97. The Bertz CT molecular complexity index is 476. The van der Waals surface area contributed by atoms with Crippen LogP contribution >= 0.6 is 0 Å². The van der Waals surface area contributed by atoms with Crippen molar-refractivity contribution in [2.45, 2.75) is 32.2 Å². The molecule has 0 radical (unpaired) electrons. The number of hydrogen-bond acceptors (Lipinski definition) is 4. The largest absolute Gasteiger partial charge is 0.493 e. The molecule has 1 aromatic rings. The van der Waals surface area contributed by atoms with Gasteiger partial charge in [-0.25, -0.2) is 0 Å². The predicted octanol–water partition coefficient (Wildman–Crippen LogP) is 3.14. The van der Waals surface area contributed by atoms with Gasteiger partial charge in [-0.2, -0.15) is 5.26 Å². The molecule has 1 atom stereocenters. The Balaban J connectivity index is 2.25. The van der Waals surface area contributed by atoms with Crippen molar-refractivity contribution in [2.75, 3.05) is 26.8 Å². The van der Waals surface area contributed by atoms with Crippen LogP contribution in [0.15, 0.2) is 18.2 Å². The number of hydrogen-bond donors (Lipinski definition) is 0. The Morgan fingerprint density at radius 1 is 1.25 bits per heavy atom. The second kappa shape index (κ2) is 7.16. The third-order valence-electron chi connectivity index (χ3n) is 3.68. The lowest BCUT2D eigenvalue weighted by Crippen LogP contribution is -2.33. The molecular weight excluding hydrogens is 252 g/mol. The minimum atomic E-state index is -0.194.